The van der Waals surface area contributed by atoms with Crippen molar-refractivity contribution in [2.45, 2.75) is 70.4 Å². The Kier molecular flexibility index (Phi) is 6.80. The molecule has 1 aliphatic rings. The molecule has 1 saturated carbocycles. The number of carbonyl (C=O) groups is 1. The number of hydrogen-bond donors (Lipinski definition) is 2. The summed E-state index contributed by atoms with van der Waals surface area (Å²) in [5.74, 6) is 0.113. The van der Waals surface area contributed by atoms with Crippen molar-refractivity contribution >= 4 is 5.91 Å². The molecule has 0 aliphatic heterocycles. The van der Waals surface area contributed by atoms with Gasteiger partial charge in [0.1, 0.15) is 0 Å². The van der Waals surface area contributed by atoms with Crippen LogP contribution in [0.4, 0.5) is 0 Å². The van der Waals surface area contributed by atoms with Crippen LogP contribution < -0.4 is 11.1 Å². The quantitative estimate of drug-likeness (QED) is 0.742. The third-order valence-electron chi connectivity index (χ3n) is 4.49. The second-order valence-corrected chi connectivity index (χ2v) is 6.19. The standard InChI is InChI=1S/C15H31N3O/c1-4-13(2)18(3)11-10-17-14(19)12-15(16)8-6-5-7-9-15/h13H,4-12,16H2,1-3H3,(H,17,19). The third kappa shape index (κ3) is 5.91. The molecule has 19 heavy (non-hydrogen) atoms. The van der Waals surface area contributed by atoms with E-state index >= 15 is 0 Å². The Morgan fingerprint density at radius 2 is 2.00 bits per heavy atom. The number of nitrogens with two attached hydrogens (primary N) is 1. The van der Waals surface area contributed by atoms with E-state index < -0.39 is 0 Å². The highest BCUT2D eigenvalue weighted by Gasteiger charge is 2.29. The van der Waals surface area contributed by atoms with Gasteiger partial charge in [-0.05, 0) is 33.2 Å². The lowest BCUT2D eigenvalue weighted by Gasteiger charge is -2.32. The molecular weight excluding hydrogens is 238 g/mol. The first kappa shape index (κ1) is 16.4. The lowest BCUT2D eigenvalue weighted by Crippen LogP contribution is -2.47. The summed E-state index contributed by atoms with van der Waals surface area (Å²) in [7, 11) is 2.10. The highest BCUT2D eigenvalue weighted by molar-refractivity contribution is 5.77. The van der Waals surface area contributed by atoms with Crippen LogP contribution in [0.15, 0.2) is 0 Å². The maximum atomic E-state index is 11.9. The van der Waals surface area contributed by atoms with Crippen molar-refractivity contribution in [2.75, 3.05) is 20.1 Å². The van der Waals surface area contributed by atoms with Gasteiger partial charge in [0.05, 0.1) is 0 Å². The van der Waals surface area contributed by atoms with Gasteiger partial charge in [0.15, 0.2) is 0 Å². The molecule has 0 heterocycles. The van der Waals surface area contributed by atoms with Gasteiger partial charge in [0, 0.05) is 31.1 Å². The van der Waals surface area contributed by atoms with Crippen molar-refractivity contribution in [3.8, 4) is 0 Å². The number of likely N-dealkylation sites (N-methyl/N-ethyl adjacent to an activating group) is 1. The Morgan fingerprint density at radius 3 is 2.58 bits per heavy atom. The smallest absolute Gasteiger partial charge is 0.221 e. The third-order valence-corrected chi connectivity index (χ3v) is 4.49. The zero-order chi connectivity index (χ0) is 14.3. The van der Waals surface area contributed by atoms with Gasteiger partial charge in [-0.3, -0.25) is 4.79 Å². The van der Waals surface area contributed by atoms with Crippen LogP contribution in [0.2, 0.25) is 0 Å². The summed E-state index contributed by atoms with van der Waals surface area (Å²) in [6.45, 7) is 6.01. The SMILES string of the molecule is CCC(C)N(C)CCNC(=O)CC1(N)CCCCC1. The number of amides is 1. The topological polar surface area (TPSA) is 58.4 Å². The van der Waals surface area contributed by atoms with E-state index in [-0.39, 0.29) is 11.4 Å². The van der Waals surface area contributed by atoms with E-state index in [9.17, 15) is 4.79 Å². The van der Waals surface area contributed by atoms with Crippen LogP contribution in [0.3, 0.4) is 0 Å². The summed E-state index contributed by atoms with van der Waals surface area (Å²) in [6, 6.07) is 0.566. The van der Waals surface area contributed by atoms with E-state index in [1.165, 1.54) is 19.3 Å². The lowest BCUT2D eigenvalue weighted by molar-refractivity contribution is -0.122. The molecule has 0 aromatic carbocycles. The number of nitrogens with one attached hydrogen (secondary N) is 1. The van der Waals surface area contributed by atoms with Crippen molar-refractivity contribution in [3.63, 3.8) is 0 Å². The van der Waals surface area contributed by atoms with Gasteiger partial charge in [0.25, 0.3) is 0 Å². The number of rotatable bonds is 7. The zero-order valence-electron chi connectivity index (χ0n) is 12.9. The molecule has 0 radical (unpaired) electrons. The van der Waals surface area contributed by atoms with Gasteiger partial charge >= 0.3 is 0 Å². The molecule has 0 aromatic heterocycles. The fraction of sp³-hybridized carbons (Fsp3) is 0.933. The predicted octanol–water partition coefficient (Wildman–Crippen LogP) is 1.88. The molecule has 112 valence electrons. The minimum atomic E-state index is -0.245. The lowest BCUT2D eigenvalue weighted by atomic mass is 9.80. The van der Waals surface area contributed by atoms with Gasteiger partial charge in [0.2, 0.25) is 5.91 Å². The van der Waals surface area contributed by atoms with Crippen molar-refractivity contribution in [2.24, 2.45) is 5.73 Å². The van der Waals surface area contributed by atoms with Crippen LogP contribution >= 0.6 is 0 Å². The highest BCUT2D eigenvalue weighted by Crippen LogP contribution is 2.28. The molecule has 1 fully saturated rings. The molecule has 3 N–H and O–H groups in total. The molecule has 0 saturated heterocycles. The largest absolute Gasteiger partial charge is 0.355 e. The maximum absolute atomic E-state index is 11.9. The molecule has 0 bridgehead atoms. The first-order valence-corrected chi connectivity index (χ1v) is 7.72. The first-order valence-electron chi connectivity index (χ1n) is 7.72. The van der Waals surface area contributed by atoms with E-state index in [4.69, 9.17) is 5.73 Å². The second-order valence-electron chi connectivity index (χ2n) is 6.19. The summed E-state index contributed by atoms with van der Waals surface area (Å²) in [4.78, 5) is 14.2. The predicted molar refractivity (Wildman–Crippen MR) is 80.0 cm³/mol. The van der Waals surface area contributed by atoms with E-state index in [1.807, 2.05) is 0 Å². The Balaban J connectivity index is 2.20. The Bertz CT molecular complexity index is 275. The molecule has 0 aromatic rings. The minimum absolute atomic E-state index is 0.113. The Labute approximate surface area is 118 Å². The van der Waals surface area contributed by atoms with Crippen LogP contribution in [0, 0.1) is 0 Å². The molecule has 1 rings (SSSR count). The average Bonchev–Trinajstić information content (AvgIpc) is 2.37. The summed E-state index contributed by atoms with van der Waals surface area (Å²) in [5.41, 5.74) is 6.04. The molecule has 1 amide bonds. The molecule has 1 atom stereocenters. The van der Waals surface area contributed by atoms with E-state index in [2.05, 4.69) is 31.1 Å². The molecule has 4 heteroatoms. The molecule has 4 nitrogen and oxygen atoms in total. The first-order chi connectivity index (χ1) is 8.97. The van der Waals surface area contributed by atoms with Crippen molar-refractivity contribution in [1.29, 1.82) is 0 Å². The van der Waals surface area contributed by atoms with Crippen molar-refractivity contribution in [1.82, 2.24) is 10.2 Å². The number of hydrogen-bond acceptors (Lipinski definition) is 3. The maximum Gasteiger partial charge on any atom is 0.221 e. The fourth-order valence-corrected chi connectivity index (χ4v) is 2.72. The van der Waals surface area contributed by atoms with Gasteiger partial charge in [-0.15, -0.1) is 0 Å². The highest BCUT2D eigenvalue weighted by atomic mass is 16.1. The normalized spacial score (nSPS) is 20.3. The number of nitrogens with zero attached hydrogens (tertiary/aromatic N) is 1. The zero-order valence-corrected chi connectivity index (χ0v) is 12.9. The average molecular weight is 269 g/mol. The fourth-order valence-electron chi connectivity index (χ4n) is 2.72. The summed E-state index contributed by atoms with van der Waals surface area (Å²) < 4.78 is 0. The molecule has 0 spiro atoms. The van der Waals surface area contributed by atoms with Gasteiger partial charge in [-0.2, -0.15) is 0 Å². The van der Waals surface area contributed by atoms with Crippen LogP contribution in [0.25, 0.3) is 0 Å². The van der Waals surface area contributed by atoms with Gasteiger partial charge in [-0.25, -0.2) is 0 Å². The van der Waals surface area contributed by atoms with E-state index in [0.29, 0.717) is 12.5 Å². The summed E-state index contributed by atoms with van der Waals surface area (Å²) >= 11 is 0. The summed E-state index contributed by atoms with van der Waals surface area (Å²) in [5, 5.41) is 3.00. The van der Waals surface area contributed by atoms with E-state index in [1.54, 1.807) is 0 Å². The molecular formula is C15H31N3O. The van der Waals surface area contributed by atoms with Gasteiger partial charge < -0.3 is 16.0 Å². The van der Waals surface area contributed by atoms with Gasteiger partial charge in [-0.1, -0.05) is 26.2 Å². The second kappa shape index (κ2) is 7.85. The molecule has 1 unspecified atom stereocenters. The van der Waals surface area contributed by atoms with E-state index in [0.717, 1.165) is 32.4 Å². The molecule has 1 aliphatic carbocycles. The number of carbonyl (C=O) groups excluding carboxylic acids is 1. The monoisotopic (exact) mass is 269 g/mol. The summed E-state index contributed by atoms with van der Waals surface area (Å²) in [6.07, 6.45) is 7.21. The Morgan fingerprint density at radius 1 is 1.37 bits per heavy atom. The minimum Gasteiger partial charge on any atom is -0.355 e. The van der Waals surface area contributed by atoms with Crippen LogP contribution in [0.1, 0.15) is 58.8 Å². The van der Waals surface area contributed by atoms with Crippen molar-refractivity contribution < 1.29 is 4.79 Å². The van der Waals surface area contributed by atoms with Crippen LogP contribution in [0.5, 0.6) is 0 Å². The Hall–Kier alpha value is -0.610. The van der Waals surface area contributed by atoms with Crippen molar-refractivity contribution in [3.05, 3.63) is 0 Å². The van der Waals surface area contributed by atoms with Crippen LogP contribution in [-0.2, 0) is 4.79 Å². The van der Waals surface area contributed by atoms with Crippen LogP contribution in [-0.4, -0.2) is 42.5 Å².